The molecule has 0 saturated heterocycles. The van der Waals surface area contributed by atoms with Crippen molar-refractivity contribution in [1.29, 1.82) is 0 Å². The van der Waals surface area contributed by atoms with Gasteiger partial charge in [-0.2, -0.15) is 0 Å². The SMILES string of the molecule is COC(=O)[C@H](NCc1ccc(C(N)=O)cc1)c1cc(F)ccc1F. The smallest absolute Gasteiger partial charge is 0.327 e. The second kappa shape index (κ2) is 7.65. The van der Waals surface area contributed by atoms with Gasteiger partial charge in [0.2, 0.25) is 5.91 Å². The average Bonchev–Trinajstić information content (AvgIpc) is 2.58. The maximum Gasteiger partial charge on any atom is 0.327 e. The molecule has 24 heavy (non-hydrogen) atoms. The van der Waals surface area contributed by atoms with E-state index in [9.17, 15) is 18.4 Å². The molecule has 5 nitrogen and oxygen atoms in total. The van der Waals surface area contributed by atoms with E-state index in [4.69, 9.17) is 5.73 Å². The lowest BCUT2D eigenvalue weighted by Gasteiger charge is -2.17. The van der Waals surface area contributed by atoms with Crippen molar-refractivity contribution in [3.8, 4) is 0 Å². The van der Waals surface area contributed by atoms with Gasteiger partial charge in [0.1, 0.15) is 17.7 Å². The minimum atomic E-state index is -1.17. The molecule has 0 spiro atoms. The predicted octanol–water partition coefficient (Wildman–Crippen LogP) is 2.07. The van der Waals surface area contributed by atoms with Gasteiger partial charge in [-0.25, -0.2) is 13.6 Å². The summed E-state index contributed by atoms with van der Waals surface area (Å²) >= 11 is 0. The number of carbonyl (C=O) groups is 2. The Labute approximate surface area is 137 Å². The molecule has 2 aromatic rings. The number of benzene rings is 2. The molecule has 2 aromatic carbocycles. The second-order valence-electron chi connectivity index (χ2n) is 5.06. The zero-order valence-corrected chi connectivity index (χ0v) is 12.9. The van der Waals surface area contributed by atoms with Crippen molar-refractivity contribution in [3.05, 3.63) is 70.8 Å². The molecule has 0 aliphatic rings. The van der Waals surface area contributed by atoms with Crippen LogP contribution >= 0.6 is 0 Å². The molecule has 7 heteroatoms. The number of ether oxygens (including phenoxy) is 1. The number of rotatable bonds is 6. The van der Waals surface area contributed by atoms with E-state index in [1.165, 1.54) is 12.1 Å². The van der Waals surface area contributed by atoms with E-state index in [1.807, 2.05) is 0 Å². The van der Waals surface area contributed by atoms with Gasteiger partial charge in [-0.15, -0.1) is 0 Å². The van der Waals surface area contributed by atoms with Crippen LogP contribution in [0.4, 0.5) is 8.78 Å². The number of nitrogens with two attached hydrogens (primary N) is 1. The summed E-state index contributed by atoms with van der Waals surface area (Å²) < 4.78 is 31.9. The summed E-state index contributed by atoms with van der Waals surface area (Å²) in [5.74, 6) is -2.67. The highest BCUT2D eigenvalue weighted by Gasteiger charge is 2.24. The van der Waals surface area contributed by atoms with Crippen LogP contribution in [0.1, 0.15) is 27.5 Å². The third-order valence-electron chi connectivity index (χ3n) is 3.45. The Hall–Kier alpha value is -2.80. The van der Waals surface area contributed by atoms with Gasteiger partial charge < -0.3 is 10.5 Å². The molecule has 0 fully saturated rings. The summed E-state index contributed by atoms with van der Waals surface area (Å²) in [4.78, 5) is 22.9. The fourth-order valence-electron chi connectivity index (χ4n) is 2.18. The van der Waals surface area contributed by atoms with E-state index in [0.717, 1.165) is 30.9 Å². The quantitative estimate of drug-likeness (QED) is 0.793. The van der Waals surface area contributed by atoms with Crippen molar-refractivity contribution in [2.24, 2.45) is 5.73 Å². The Kier molecular flexibility index (Phi) is 5.59. The van der Waals surface area contributed by atoms with E-state index in [2.05, 4.69) is 10.1 Å². The van der Waals surface area contributed by atoms with Crippen molar-refractivity contribution in [2.75, 3.05) is 7.11 Å². The Balaban J connectivity index is 2.19. The van der Waals surface area contributed by atoms with Crippen molar-refractivity contribution < 1.29 is 23.1 Å². The summed E-state index contributed by atoms with van der Waals surface area (Å²) in [5.41, 5.74) is 6.09. The van der Waals surface area contributed by atoms with Crippen molar-refractivity contribution in [3.63, 3.8) is 0 Å². The lowest BCUT2D eigenvalue weighted by molar-refractivity contribution is -0.143. The lowest BCUT2D eigenvalue weighted by atomic mass is 10.0. The maximum atomic E-state index is 13.9. The largest absolute Gasteiger partial charge is 0.468 e. The fraction of sp³-hybridized carbons (Fsp3) is 0.176. The maximum absolute atomic E-state index is 13.9. The highest BCUT2D eigenvalue weighted by Crippen LogP contribution is 2.20. The van der Waals surface area contributed by atoms with Crippen LogP contribution in [0, 0.1) is 11.6 Å². The Morgan fingerprint density at radius 2 is 1.83 bits per heavy atom. The zero-order chi connectivity index (χ0) is 17.7. The van der Waals surface area contributed by atoms with E-state index in [0.29, 0.717) is 5.56 Å². The molecule has 0 aliphatic carbocycles. The van der Waals surface area contributed by atoms with Gasteiger partial charge >= 0.3 is 5.97 Å². The topological polar surface area (TPSA) is 81.4 Å². The molecular weight excluding hydrogens is 318 g/mol. The highest BCUT2D eigenvalue weighted by atomic mass is 19.1. The Morgan fingerprint density at radius 3 is 2.42 bits per heavy atom. The molecule has 1 amide bonds. The number of methoxy groups -OCH3 is 1. The summed E-state index contributed by atoms with van der Waals surface area (Å²) in [7, 11) is 1.16. The van der Waals surface area contributed by atoms with Crippen molar-refractivity contribution >= 4 is 11.9 Å². The van der Waals surface area contributed by atoms with E-state index in [1.54, 1.807) is 12.1 Å². The molecule has 0 saturated carbocycles. The first kappa shape index (κ1) is 17.6. The van der Waals surface area contributed by atoms with Crippen LogP contribution in [-0.2, 0) is 16.1 Å². The normalized spacial score (nSPS) is 11.8. The van der Waals surface area contributed by atoms with Crippen LogP contribution in [0.25, 0.3) is 0 Å². The molecule has 0 heterocycles. The molecule has 0 aliphatic heterocycles. The van der Waals surface area contributed by atoms with Crippen molar-refractivity contribution in [1.82, 2.24) is 5.32 Å². The van der Waals surface area contributed by atoms with Gasteiger partial charge in [0.05, 0.1) is 7.11 Å². The van der Waals surface area contributed by atoms with Gasteiger partial charge in [-0.05, 0) is 35.9 Å². The number of amides is 1. The average molecular weight is 334 g/mol. The number of nitrogens with one attached hydrogen (secondary N) is 1. The third-order valence-corrected chi connectivity index (χ3v) is 3.45. The van der Waals surface area contributed by atoms with Crippen LogP contribution in [0.15, 0.2) is 42.5 Å². The standard InChI is InChI=1S/C17H16F2N2O3/c1-24-17(23)15(13-8-12(18)6-7-14(13)19)21-9-10-2-4-11(5-3-10)16(20)22/h2-8,15,21H,9H2,1H3,(H2,20,22)/t15-/m1/s1. The number of halogens is 2. The predicted molar refractivity (Wildman–Crippen MR) is 82.9 cm³/mol. The van der Waals surface area contributed by atoms with Crippen LogP contribution in [0.5, 0.6) is 0 Å². The lowest BCUT2D eigenvalue weighted by Crippen LogP contribution is -2.30. The van der Waals surface area contributed by atoms with Crippen LogP contribution in [0.2, 0.25) is 0 Å². The summed E-state index contributed by atoms with van der Waals surface area (Å²) in [6.45, 7) is 0.175. The first-order chi connectivity index (χ1) is 11.4. The van der Waals surface area contributed by atoms with Gasteiger partial charge in [-0.1, -0.05) is 12.1 Å². The molecule has 0 bridgehead atoms. The number of primary amides is 1. The molecule has 1 atom stereocenters. The number of hydrogen-bond donors (Lipinski definition) is 2. The first-order valence-corrected chi connectivity index (χ1v) is 7.07. The van der Waals surface area contributed by atoms with Crippen molar-refractivity contribution in [2.45, 2.75) is 12.6 Å². The minimum Gasteiger partial charge on any atom is -0.468 e. The zero-order valence-electron chi connectivity index (χ0n) is 12.9. The Morgan fingerprint density at radius 1 is 1.17 bits per heavy atom. The number of carbonyl (C=O) groups excluding carboxylic acids is 2. The van der Waals surface area contributed by atoms with Crippen LogP contribution in [0.3, 0.4) is 0 Å². The van der Waals surface area contributed by atoms with E-state index >= 15 is 0 Å². The third kappa shape index (κ3) is 4.14. The van der Waals surface area contributed by atoms with Gasteiger partial charge in [-0.3, -0.25) is 10.1 Å². The molecule has 0 unspecified atom stereocenters. The van der Waals surface area contributed by atoms with Crippen LogP contribution < -0.4 is 11.1 Å². The molecule has 0 radical (unpaired) electrons. The molecule has 2 rings (SSSR count). The highest BCUT2D eigenvalue weighted by molar-refractivity contribution is 5.92. The number of hydrogen-bond acceptors (Lipinski definition) is 4. The summed E-state index contributed by atoms with van der Waals surface area (Å²) in [6.07, 6.45) is 0. The Bertz CT molecular complexity index is 748. The van der Waals surface area contributed by atoms with E-state index in [-0.39, 0.29) is 12.1 Å². The fourth-order valence-corrected chi connectivity index (χ4v) is 2.18. The van der Waals surface area contributed by atoms with Gasteiger partial charge in [0.25, 0.3) is 0 Å². The number of esters is 1. The molecular formula is C17H16F2N2O3. The molecule has 0 aromatic heterocycles. The van der Waals surface area contributed by atoms with Crippen LogP contribution in [-0.4, -0.2) is 19.0 Å². The first-order valence-electron chi connectivity index (χ1n) is 7.07. The van der Waals surface area contributed by atoms with Gasteiger partial charge in [0.15, 0.2) is 0 Å². The minimum absolute atomic E-state index is 0.143. The van der Waals surface area contributed by atoms with E-state index < -0.39 is 29.6 Å². The summed E-state index contributed by atoms with van der Waals surface area (Å²) in [5, 5.41) is 2.82. The van der Waals surface area contributed by atoms with Gasteiger partial charge in [0, 0.05) is 17.7 Å². The monoisotopic (exact) mass is 334 g/mol. The summed E-state index contributed by atoms with van der Waals surface area (Å²) in [6, 6.07) is 8.05. The molecule has 126 valence electrons. The molecule has 3 N–H and O–H groups in total. The second-order valence-corrected chi connectivity index (χ2v) is 5.06.